The highest BCUT2D eigenvalue weighted by Gasteiger charge is 2.16. The van der Waals surface area contributed by atoms with E-state index in [0.29, 0.717) is 11.1 Å². The standard InChI is InChI=1S/C18H13NO3S/c20-16(13-9-5-2-6-10-13)19-17-15(18(21)22)14(11-23-17)12-7-3-1-4-8-12/h1-11H,(H,19,20)(H,21,22)/p-1. The molecule has 0 spiro atoms. The van der Waals surface area contributed by atoms with E-state index in [2.05, 4.69) is 5.32 Å². The molecule has 1 heterocycles. The van der Waals surface area contributed by atoms with E-state index in [-0.39, 0.29) is 16.5 Å². The number of amides is 1. The summed E-state index contributed by atoms with van der Waals surface area (Å²) in [6.45, 7) is 0. The van der Waals surface area contributed by atoms with Crippen LogP contribution in [0.3, 0.4) is 0 Å². The number of hydrogen-bond acceptors (Lipinski definition) is 4. The number of hydrogen-bond donors (Lipinski definition) is 1. The lowest BCUT2D eigenvalue weighted by molar-refractivity contribution is -0.254. The molecule has 0 aliphatic rings. The van der Waals surface area contributed by atoms with Gasteiger partial charge in [-0.3, -0.25) is 4.79 Å². The lowest BCUT2D eigenvalue weighted by Gasteiger charge is -2.10. The van der Waals surface area contributed by atoms with Crippen LogP contribution in [0.1, 0.15) is 20.7 Å². The average Bonchev–Trinajstić information content (AvgIpc) is 3.00. The van der Waals surface area contributed by atoms with E-state index in [0.717, 1.165) is 5.56 Å². The number of carboxylic acids is 1. The molecular formula is C18H12NO3S-. The van der Waals surface area contributed by atoms with Crippen molar-refractivity contribution in [2.24, 2.45) is 0 Å². The molecule has 4 nitrogen and oxygen atoms in total. The minimum atomic E-state index is -1.31. The highest BCUT2D eigenvalue weighted by molar-refractivity contribution is 7.15. The fourth-order valence-corrected chi connectivity index (χ4v) is 3.20. The Balaban J connectivity index is 1.96. The Hall–Kier alpha value is -2.92. The van der Waals surface area contributed by atoms with Crippen molar-refractivity contribution in [1.29, 1.82) is 0 Å². The van der Waals surface area contributed by atoms with Crippen molar-refractivity contribution in [3.63, 3.8) is 0 Å². The van der Waals surface area contributed by atoms with Crippen molar-refractivity contribution in [3.05, 3.63) is 77.2 Å². The number of carboxylic acid groups (broad SMARTS) is 1. The van der Waals surface area contributed by atoms with Crippen molar-refractivity contribution < 1.29 is 14.7 Å². The van der Waals surface area contributed by atoms with E-state index < -0.39 is 5.97 Å². The lowest BCUT2D eigenvalue weighted by atomic mass is 10.0. The van der Waals surface area contributed by atoms with Gasteiger partial charge in [0.25, 0.3) is 5.91 Å². The van der Waals surface area contributed by atoms with E-state index in [4.69, 9.17) is 0 Å². The van der Waals surface area contributed by atoms with Crippen LogP contribution >= 0.6 is 11.3 Å². The van der Waals surface area contributed by atoms with Gasteiger partial charge in [0.2, 0.25) is 0 Å². The van der Waals surface area contributed by atoms with Gasteiger partial charge in [-0.15, -0.1) is 11.3 Å². The molecule has 0 aliphatic heterocycles. The maximum absolute atomic E-state index is 12.2. The first-order valence-electron chi connectivity index (χ1n) is 6.91. The largest absolute Gasteiger partial charge is 0.545 e. The van der Waals surface area contributed by atoms with Gasteiger partial charge >= 0.3 is 0 Å². The number of anilines is 1. The second-order valence-electron chi connectivity index (χ2n) is 4.83. The lowest BCUT2D eigenvalue weighted by Crippen LogP contribution is -2.24. The predicted molar refractivity (Wildman–Crippen MR) is 88.5 cm³/mol. The Labute approximate surface area is 137 Å². The monoisotopic (exact) mass is 322 g/mol. The van der Waals surface area contributed by atoms with Gasteiger partial charge in [0, 0.05) is 22.1 Å². The number of nitrogens with one attached hydrogen (secondary N) is 1. The second kappa shape index (κ2) is 6.46. The van der Waals surface area contributed by atoms with E-state index >= 15 is 0 Å². The van der Waals surface area contributed by atoms with Crippen LogP contribution < -0.4 is 10.4 Å². The van der Waals surface area contributed by atoms with Crippen LogP contribution in [0, 0.1) is 0 Å². The Bertz CT molecular complexity index is 841. The molecule has 114 valence electrons. The van der Waals surface area contributed by atoms with Gasteiger partial charge < -0.3 is 15.2 Å². The number of benzene rings is 2. The number of carbonyl (C=O) groups excluding carboxylic acids is 2. The Morgan fingerprint density at radius 2 is 1.52 bits per heavy atom. The van der Waals surface area contributed by atoms with Gasteiger partial charge in [-0.05, 0) is 17.7 Å². The first kappa shape index (κ1) is 15.0. The zero-order chi connectivity index (χ0) is 16.2. The molecule has 0 saturated carbocycles. The van der Waals surface area contributed by atoms with Crippen LogP contribution in [0.4, 0.5) is 5.00 Å². The third kappa shape index (κ3) is 3.14. The van der Waals surface area contributed by atoms with Gasteiger partial charge in [0.1, 0.15) is 5.00 Å². The third-order valence-electron chi connectivity index (χ3n) is 3.34. The molecule has 3 aromatic rings. The first-order valence-corrected chi connectivity index (χ1v) is 7.79. The molecule has 0 saturated heterocycles. The summed E-state index contributed by atoms with van der Waals surface area (Å²) < 4.78 is 0. The molecule has 23 heavy (non-hydrogen) atoms. The fraction of sp³-hybridized carbons (Fsp3) is 0. The molecule has 3 rings (SSSR count). The molecule has 0 bridgehead atoms. The number of thiophene rings is 1. The molecule has 2 aromatic carbocycles. The van der Waals surface area contributed by atoms with Gasteiger partial charge in [0.15, 0.2) is 0 Å². The maximum atomic E-state index is 12.2. The van der Waals surface area contributed by atoms with Gasteiger partial charge in [0.05, 0.1) is 5.97 Å². The van der Waals surface area contributed by atoms with E-state index in [9.17, 15) is 14.7 Å². The van der Waals surface area contributed by atoms with Crippen molar-refractivity contribution in [2.45, 2.75) is 0 Å². The van der Waals surface area contributed by atoms with Crippen molar-refractivity contribution in [3.8, 4) is 11.1 Å². The van der Waals surface area contributed by atoms with Crippen LogP contribution in [-0.4, -0.2) is 11.9 Å². The fourth-order valence-electron chi connectivity index (χ4n) is 2.25. The summed E-state index contributed by atoms with van der Waals surface area (Å²) >= 11 is 1.17. The predicted octanol–water partition coefficient (Wildman–Crippen LogP) is 3.03. The summed E-state index contributed by atoms with van der Waals surface area (Å²) in [4.78, 5) is 23.8. The van der Waals surface area contributed by atoms with E-state index in [1.54, 1.807) is 29.6 Å². The molecule has 0 aliphatic carbocycles. The minimum absolute atomic E-state index is 0.00508. The van der Waals surface area contributed by atoms with E-state index in [1.165, 1.54) is 11.3 Å². The zero-order valence-electron chi connectivity index (χ0n) is 12.0. The summed E-state index contributed by atoms with van der Waals surface area (Å²) in [6.07, 6.45) is 0. The average molecular weight is 322 g/mol. The van der Waals surface area contributed by atoms with Crippen LogP contribution in [0.15, 0.2) is 66.0 Å². The Kier molecular flexibility index (Phi) is 4.21. The molecule has 5 heteroatoms. The normalized spacial score (nSPS) is 10.3. The topological polar surface area (TPSA) is 69.2 Å². The van der Waals surface area contributed by atoms with Crippen molar-refractivity contribution in [2.75, 3.05) is 5.32 Å². The SMILES string of the molecule is O=C(Nc1scc(-c2ccccc2)c1C(=O)[O-])c1ccccc1. The summed E-state index contributed by atoms with van der Waals surface area (Å²) in [5.41, 5.74) is 1.78. The molecule has 0 atom stereocenters. The third-order valence-corrected chi connectivity index (χ3v) is 4.24. The summed E-state index contributed by atoms with van der Waals surface area (Å²) in [7, 11) is 0. The van der Waals surface area contributed by atoms with Crippen LogP contribution in [0.25, 0.3) is 11.1 Å². The molecular weight excluding hydrogens is 310 g/mol. The molecule has 1 amide bonds. The highest BCUT2D eigenvalue weighted by atomic mass is 32.1. The summed E-state index contributed by atoms with van der Waals surface area (Å²) in [6, 6.07) is 17.8. The van der Waals surface area contributed by atoms with Crippen LogP contribution in [-0.2, 0) is 0 Å². The summed E-state index contributed by atoms with van der Waals surface area (Å²) in [5, 5.41) is 16.2. The molecule has 0 unspecified atom stereocenters. The van der Waals surface area contributed by atoms with Crippen molar-refractivity contribution in [1.82, 2.24) is 0 Å². The van der Waals surface area contributed by atoms with Crippen molar-refractivity contribution >= 4 is 28.2 Å². The molecule has 0 fully saturated rings. The zero-order valence-corrected chi connectivity index (χ0v) is 12.8. The maximum Gasteiger partial charge on any atom is 0.256 e. The van der Waals surface area contributed by atoms with Crippen LogP contribution in [0.2, 0.25) is 0 Å². The molecule has 1 N–H and O–H groups in total. The minimum Gasteiger partial charge on any atom is -0.545 e. The number of aromatic carboxylic acids is 1. The summed E-state index contributed by atoms with van der Waals surface area (Å²) in [5.74, 6) is -1.66. The quantitative estimate of drug-likeness (QED) is 0.802. The number of rotatable bonds is 4. The van der Waals surface area contributed by atoms with Gasteiger partial charge in [-0.1, -0.05) is 48.5 Å². The van der Waals surface area contributed by atoms with E-state index in [1.807, 2.05) is 36.4 Å². The highest BCUT2D eigenvalue weighted by Crippen LogP contribution is 2.35. The molecule has 1 aromatic heterocycles. The Morgan fingerprint density at radius 3 is 2.13 bits per heavy atom. The first-order chi connectivity index (χ1) is 11.2. The smallest absolute Gasteiger partial charge is 0.256 e. The van der Waals surface area contributed by atoms with Gasteiger partial charge in [-0.2, -0.15) is 0 Å². The second-order valence-corrected chi connectivity index (χ2v) is 5.71. The Morgan fingerprint density at radius 1 is 0.913 bits per heavy atom. The van der Waals surface area contributed by atoms with Gasteiger partial charge in [-0.25, -0.2) is 0 Å². The molecule has 0 radical (unpaired) electrons. The number of carbonyl (C=O) groups is 2. The van der Waals surface area contributed by atoms with Crippen LogP contribution in [0.5, 0.6) is 0 Å².